The van der Waals surface area contributed by atoms with Crippen LogP contribution in [0.4, 0.5) is 11.5 Å². The number of anilines is 2. The highest BCUT2D eigenvalue weighted by molar-refractivity contribution is 5.93. The quantitative estimate of drug-likeness (QED) is 0.307. The number of amides is 1. The van der Waals surface area contributed by atoms with E-state index in [1.54, 1.807) is 19.1 Å². The van der Waals surface area contributed by atoms with E-state index >= 15 is 0 Å². The van der Waals surface area contributed by atoms with E-state index in [2.05, 4.69) is 21.9 Å². The van der Waals surface area contributed by atoms with Gasteiger partial charge in [-0.2, -0.15) is 0 Å². The maximum absolute atomic E-state index is 11.9. The molecule has 1 amide bonds. The number of hydrogen-bond donors (Lipinski definition) is 1. The van der Waals surface area contributed by atoms with Gasteiger partial charge < -0.3 is 28.8 Å². The molecule has 196 valence electrons. The van der Waals surface area contributed by atoms with Crippen molar-refractivity contribution < 1.29 is 23.4 Å². The third-order valence-electron chi connectivity index (χ3n) is 6.62. The molecule has 3 heterocycles. The molecule has 0 saturated carbocycles. The second-order valence-corrected chi connectivity index (χ2v) is 9.04. The van der Waals surface area contributed by atoms with Crippen LogP contribution >= 0.6 is 0 Å². The number of nitrogens with one attached hydrogen (secondary N) is 1. The lowest BCUT2D eigenvalue weighted by Crippen LogP contribution is -2.41. The van der Waals surface area contributed by atoms with Crippen LogP contribution in [0.25, 0.3) is 22.2 Å². The fraction of sp³-hybridized carbons (Fsp3) is 0.276. The van der Waals surface area contributed by atoms with E-state index in [4.69, 9.17) is 18.6 Å². The van der Waals surface area contributed by atoms with E-state index < -0.39 is 0 Å². The van der Waals surface area contributed by atoms with E-state index in [-0.39, 0.29) is 12.0 Å². The van der Waals surface area contributed by atoms with Crippen LogP contribution in [0.3, 0.4) is 0 Å². The van der Waals surface area contributed by atoms with Crippen LogP contribution in [0.15, 0.2) is 65.9 Å². The van der Waals surface area contributed by atoms with Crippen molar-refractivity contribution in [2.45, 2.75) is 25.9 Å². The standard InChI is InChI=1S/C29H30N4O5/c1-5-28(34)33-12-10-20(11-13-33)38-27-15-21-22(16-26(27)36-4)30-17-31-29(21)32-23-14-19(7-9-25(23)35-3)24-8-6-18(2)37-24/h5-9,14-17,20H,1,10-13H2,2-4H3,(H,30,31,32). The van der Waals surface area contributed by atoms with Gasteiger partial charge in [0.25, 0.3) is 0 Å². The number of benzene rings is 2. The Balaban J connectivity index is 1.45. The number of likely N-dealkylation sites (tertiary alicyclic amines) is 1. The van der Waals surface area contributed by atoms with Gasteiger partial charge in [-0.15, -0.1) is 0 Å². The Labute approximate surface area is 221 Å². The molecule has 4 aromatic rings. The summed E-state index contributed by atoms with van der Waals surface area (Å²) in [6.45, 7) is 6.72. The topological polar surface area (TPSA) is 99.0 Å². The first kappa shape index (κ1) is 25.1. The molecule has 1 fully saturated rings. The smallest absolute Gasteiger partial charge is 0.245 e. The summed E-state index contributed by atoms with van der Waals surface area (Å²) in [5.74, 6) is 3.99. The highest BCUT2D eigenvalue weighted by Crippen LogP contribution is 2.38. The number of methoxy groups -OCH3 is 2. The summed E-state index contributed by atoms with van der Waals surface area (Å²) in [7, 11) is 3.23. The summed E-state index contributed by atoms with van der Waals surface area (Å²) in [5, 5.41) is 4.18. The molecule has 1 N–H and O–H groups in total. The van der Waals surface area contributed by atoms with Gasteiger partial charge in [0.15, 0.2) is 11.5 Å². The first-order valence-corrected chi connectivity index (χ1v) is 12.4. The minimum absolute atomic E-state index is 0.0511. The van der Waals surface area contributed by atoms with Gasteiger partial charge in [-0.25, -0.2) is 9.97 Å². The number of ether oxygens (including phenoxy) is 3. The Morgan fingerprint density at radius 2 is 1.84 bits per heavy atom. The molecule has 9 nitrogen and oxygen atoms in total. The van der Waals surface area contributed by atoms with Crippen molar-refractivity contribution in [3.8, 4) is 28.6 Å². The number of carbonyl (C=O) groups is 1. The van der Waals surface area contributed by atoms with Crippen molar-refractivity contribution in [3.05, 3.63) is 67.2 Å². The lowest BCUT2D eigenvalue weighted by Gasteiger charge is -2.31. The van der Waals surface area contributed by atoms with E-state index in [0.29, 0.717) is 54.5 Å². The summed E-state index contributed by atoms with van der Waals surface area (Å²) in [6.07, 6.45) is 4.23. The molecule has 0 unspecified atom stereocenters. The zero-order valence-corrected chi connectivity index (χ0v) is 21.7. The lowest BCUT2D eigenvalue weighted by molar-refractivity contribution is -0.127. The monoisotopic (exact) mass is 514 g/mol. The first-order chi connectivity index (χ1) is 18.5. The molecular weight excluding hydrogens is 484 g/mol. The van der Waals surface area contributed by atoms with Crippen LogP contribution < -0.4 is 19.5 Å². The summed E-state index contributed by atoms with van der Waals surface area (Å²) in [5.41, 5.74) is 2.35. The first-order valence-electron chi connectivity index (χ1n) is 12.4. The molecule has 38 heavy (non-hydrogen) atoms. The SMILES string of the molecule is C=CC(=O)N1CCC(Oc2cc3c(Nc4cc(-c5ccc(C)o5)ccc4OC)ncnc3cc2OC)CC1. The average Bonchev–Trinajstić information content (AvgIpc) is 3.39. The van der Waals surface area contributed by atoms with Crippen molar-refractivity contribution >= 4 is 28.3 Å². The molecule has 2 aromatic heterocycles. The molecule has 0 atom stereocenters. The molecule has 0 bridgehead atoms. The third kappa shape index (κ3) is 5.13. The van der Waals surface area contributed by atoms with Crippen LogP contribution in [0, 0.1) is 6.92 Å². The van der Waals surface area contributed by atoms with Gasteiger partial charge in [0.1, 0.15) is 35.5 Å². The fourth-order valence-electron chi connectivity index (χ4n) is 4.59. The normalized spacial score (nSPS) is 13.8. The number of piperidine rings is 1. The molecule has 1 saturated heterocycles. The van der Waals surface area contributed by atoms with Gasteiger partial charge in [-0.3, -0.25) is 4.79 Å². The zero-order chi connectivity index (χ0) is 26.6. The van der Waals surface area contributed by atoms with Crippen molar-refractivity contribution in [2.75, 3.05) is 32.6 Å². The van der Waals surface area contributed by atoms with Gasteiger partial charge in [0.05, 0.1) is 25.4 Å². The molecule has 1 aliphatic heterocycles. The summed E-state index contributed by atoms with van der Waals surface area (Å²) in [4.78, 5) is 22.7. The second-order valence-electron chi connectivity index (χ2n) is 9.04. The number of aromatic nitrogens is 2. The molecule has 5 rings (SSSR count). The van der Waals surface area contributed by atoms with Gasteiger partial charge in [-0.05, 0) is 49.4 Å². The van der Waals surface area contributed by atoms with Crippen LogP contribution in [-0.4, -0.2) is 54.2 Å². The van der Waals surface area contributed by atoms with Crippen molar-refractivity contribution in [1.82, 2.24) is 14.9 Å². The Morgan fingerprint density at radius 3 is 2.53 bits per heavy atom. The van der Waals surface area contributed by atoms with Gasteiger partial charge >= 0.3 is 0 Å². The molecule has 0 radical (unpaired) electrons. The van der Waals surface area contributed by atoms with E-state index in [1.165, 1.54) is 12.4 Å². The van der Waals surface area contributed by atoms with E-state index in [9.17, 15) is 4.79 Å². The summed E-state index contributed by atoms with van der Waals surface area (Å²) >= 11 is 0. The Bertz CT molecular complexity index is 1470. The zero-order valence-electron chi connectivity index (χ0n) is 21.7. The fourth-order valence-corrected chi connectivity index (χ4v) is 4.59. The molecule has 9 heteroatoms. The minimum atomic E-state index is -0.0544. The van der Waals surface area contributed by atoms with Gasteiger partial charge in [0, 0.05) is 42.9 Å². The summed E-state index contributed by atoms with van der Waals surface area (Å²) in [6, 6.07) is 13.4. The Hall–Kier alpha value is -4.53. The number of nitrogens with zero attached hydrogens (tertiary/aromatic N) is 3. The molecular formula is C29H30N4O5. The van der Waals surface area contributed by atoms with Gasteiger partial charge in [0.2, 0.25) is 5.91 Å². The number of fused-ring (bicyclic) bond motifs is 1. The highest BCUT2D eigenvalue weighted by Gasteiger charge is 2.24. The second kappa shape index (κ2) is 10.8. The number of furan rings is 1. The van der Waals surface area contributed by atoms with Crippen molar-refractivity contribution in [2.24, 2.45) is 0 Å². The average molecular weight is 515 g/mol. The molecule has 0 aliphatic carbocycles. The van der Waals surface area contributed by atoms with E-state index in [1.807, 2.05) is 49.4 Å². The van der Waals surface area contributed by atoms with Crippen LogP contribution in [0.2, 0.25) is 0 Å². The number of aryl methyl sites for hydroxylation is 1. The molecule has 0 spiro atoms. The predicted molar refractivity (Wildman–Crippen MR) is 145 cm³/mol. The van der Waals surface area contributed by atoms with Crippen molar-refractivity contribution in [1.29, 1.82) is 0 Å². The van der Waals surface area contributed by atoms with E-state index in [0.717, 1.165) is 28.2 Å². The van der Waals surface area contributed by atoms with Crippen LogP contribution in [-0.2, 0) is 4.79 Å². The maximum atomic E-state index is 11.9. The Kier molecular flexibility index (Phi) is 7.17. The van der Waals surface area contributed by atoms with Crippen LogP contribution in [0.5, 0.6) is 17.2 Å². The van der Waals surface area contributed by atoms with Crippen LogP contribution in [0.1, 0.15) is 18.6 Å². The lowest BCUT2D eigenvalue weighted by atomic mass is 10.1. The number of rotatable bonds is 8. The minimum Gasteiger partial charge on any atom is -0.495 e. The number of hydrogen-bond acceptors (Lipinski definition) is 8. The van der Waals surface area contributed by atoms with Gasteiger partial charge in [-0.1, -0.05) is 6.58 Å². The summed E-state index contributed by atoms with van der Waals surface area (Å²) < 4.78 is 23.4. The number of carbonyl (C=O) groups excluding carboxylic acids is 1. The maximum Gasteiger partial charge on any atom is 0.245 e. The third-order valence-corrected chi connectivity index (χ3v) is 6.62. The highest BCUT2D eigenvalue weighted by atomic mass is 16.5. The molecule has 1 aliphatic rings. The largest absolute Gasteiger partial charge is 0.495 e. The Morgan fingerprint density at radius 1 is 1.05 bits per heavy atom. The molecule has 2 aromatic carbocycles. The predicted octanol–water partition coefficient (Wildman–Crippen LogP) is 5.51. The van der Waals surface area contributed by atoms with Crippen molar-refractivity contribution in [3.63, 3.8) is 0 Å².